The van der Waals surface area contributed by atoms with Gasteiger partial charge in [-0.15, -0.1) is 0 Å². The van der Waals surface area contributed by atoms with Crippen LogP contribution in [0.4, 0.5) is 10.5 Å². The van der Waals surface area contributed by atoms with Crippen LogP contribution in [0.2, 0.25) is 0 Å². The van der Waals surface area contributed by atoms with Gasteiger partial charge in [0.2, 0.25) is 23.6 Å². The standard InChI is InChI=1S/C35H58N6O10S/c1-11-21(4)29(40(8)32(44)28(20(2)3)37-33(45)35(6,7)38-34(46)47)26(50-9)19-27(42)41-18-12-13-25(41)30(51-10)22(5)31(43)39-52(48,49)24-16-14-23(36)15-17-24/h14-17,20-22,25-26,28-30,38H,11-13,18-19,36H2,1-10H3,(H,37,45)(H,39,43)(H,46,47)/t21-,22+,25-,26-,28-,29-,30+/m0/s1. The summed E-state index contributed by atoms with van der Waals surface area (Å²) in [6.45, 7) is 12.1. The number of carboxylic acid groups (broad SMARTS) is 1. The number of carbonyl (C=O) groups excluding carboxylic acids is 4. The van der Waals surface area contributed by atoms with Gasteiger partial charge in [0.15, 0.2) is 0 Å². The third-order valence-electron chi connectivity index (χ3n) is 9.89. The average Bonchev–Trinajstić information content (AvgIpc) is 3.55. The predicted octanol–water partition coefficient (Wildman–Crippen LogP) is 2.18. The minimum absolute atomic E-state index is 0.115. The van der Waals surface area contributed by atoms with Crippen molar-refractivity contribution >= 4 is 45.4 Å². The van der Waals surface area contributed by atoms with Gasteiger partial charge in [0, 0.05) is 33.5 Å². The van der Waals surface area contributed by atoms with Crippen molar-refractivity contribution in [2.24, 2.45) is 17.8 Å². The van der Waals surface area contributed by atoms with E-state index >= 15 is 0 Å². The highest BCUT2D eigenvalue weighted by molar-refractivity contribution is 7.90. The molecule has 16 nitrogen and oxygen atoms in total. The third-order valence-corrected chi connectivity index (χ3v) is 11.3. The first kappa shape index (κ1) is 44.2. The number of nitrogens with two attached hydrogens (primary N) is 1. The Bertz CT molecular complexity index is 1520. The number of amides is 5. The second-order valence-electron chi connectivity index (χ2n) is 14.4. The van der Waals surface area contributed by atoms with Gasteiger partial charge in [-0.05, 0) is 62.8 Å². The first-order chi connectivity index (χ1) is 24.1. The molecule has 1 aromatic rings. The molecule has 1 aliphatic rings. The Morgan fingerprint density at radius 2 is 1.65 bits per heavy atom. The normalized spacial score (nSPS) is 18.4. The summed E-state index contributed by atoms with van der Waals surface area (Å²) in [5.74, 6) is -3.65. The molecule has 1 fully saturated rings. The maximum Gasteiger partial charge on any atom is 0.405 e. The molecule has 5 amide bonds. The summed E-state index contributed by atoms with van der Waals surface area (Å²) < 4.78 is 39.6. The molecular formula is C35H58N6O10S. The van der Waals surface area contributed by atoms with Gasteiger partial charge in [0.1, 0.15) is 11.6 Å². The summed E-state index contributed by atoms with van der Waals surface area (Å²) in [6, 6.07) is 3.28. The number of rotatable bonds is 18. The van der Waals surface area contributed by atoms with Gasteiger partial charge in [0.05, 0.1) is 41.5 Å². The molecule has 17 heteroatoms. The molecule has 0 spiro atoms. The number of likely N-dealkylation sites (tertiary alicyclic amines) is 1. The van der Waals surface area contributed by atoms with Gasteiger partial charge in [0.25, 0.3) is 10.0 Å². The van der Waals surface area contributed by atoms with Crippen LogP contribution in [-0.4, -0.2) is 117 Å². The fourth-order valence-electron chi connectivity index (χ4n) is 6.62. The summed E-state index contributed by atoms with van der Waals surface area (Å²) in [5, 5.41) is 14.0. The van der Waals surface area contributed by atoms with Gasteiger partial charge in [-0.3, -0.25) is 19.2 Å². The van der Waals surface area contributed by atoms with Crippen LogP contribution in [0.15, 0.2) is 29.2 Å². The van der Waals surface area contributed by atoms with Crippen LogP contribution in [0, 0.1) is 17.8 Å². The largest absolute Gasteiger partial charge is 0.465 e. The van der Waals surface area contributed by atoms with E-state index in [2.05, 4.69) is 15.4 Å². The van der Waals surface area contributed by atoms with Crippen LogP contribution in [0.1, 0.15) is 74.1 Å². The van der Waals surface area contributed by atoms with Gasteiger partial charge in [-0.1, -0.05) is 41.0 Å². The van der Waals surface area contributed by atoms with E-state index in [0.717, 1.165) is 0 Å². The zero-order chi connectivity index (χ0) is 39.7. The molecule has 294 valence electrons. The van der Waals surface area contributed by atoms with Crippen LogP contribution in [-0.2, 0) is 38.7 Å². The van der Waals surface area contributed by atoms with Gasteiger partial charge in [-0.25, -0.2) is 17.9 Å². The van der Waals surface area contributed by atoms with Crippen molar-refractivity contribution in [3.8, 4) is 0 Å². The zero-order valence-electron chi connectivity index (χ0n) is 32.0. The van der Waals surface area contributed by atoms with Crippen molar-refractivity contribution in [3.05, 3.63) is 24.3 Å². The number of hydrogen-bond acceptors (Lipinski definition) is 10. The topological polar surface area (TPSA) is 227 Å². The minimum Gasteiger partial charge on any atom is -0.465 e. The molecule has 0 saturated carbocycles. The predicted molar refractivity (Wildman–Crippen MR) is 194 cm³/mol. The summed E-state index contributed by atoms with van der Waals surface area (Å²) >= 11 is 0. The van der Waals surface area contributed by atoms with Gasteiger partial charge >= 0.3 is 6.09 Å². The molecule has 0 aromatic heterocycles. The number of methoxy groups -OCH3 is 2. The number of likely N-dealkylation sites (N-methyl/N-ethyl adjacent to an activating group) is 1. The van der Waals surface area contributed by atoms with E-state index in [1.54, 1.807) is 32.7 Å². The number of ether oxygens (including phenoxy) is 2. The maximum atomic E-state index is 14.0. The zero-order valence-corrected chi connectivity index (χ0v) is 32.8. The Morgan fingerprint density at radius 1 is 1.06 bits per heavy atom. The van der Waals surface area contributed by atoms with Crippen LogP contribution in [0.3, 0.4) is 0 Å². The molecule has 0 bridgehead atoms. The lowest BCUT2D eigenvalue weighted by Gasteiger charge is -2.41. The number of nitrogen functional groups attached to an aromatic ring is 1. The van der Waals surface area contributed by atoms with Crippen molar-refractivity contribution in [1.29, 1.82) is 0 Å². The van der Waals surface area contributed by atoms with Crippen molar-refractivity contribution in [3.63, 3.8) is 0 Å². The Balaban J connectivity index is 2.29. The van der Waals surface area contributed by atoms with Crippen LogP contribution in [0.5, 0.6) is 0 Å². The lowest BCUT2D eigenvalue weighted by Crippen LogP contribution is -2.62. The highest BCUT2D eigenvalue weighted by Crippen LogP contribution is 2.30. The molecule has 1 aromatic carbocycles. The third kappa shape index (κ3) is 11.0. The highest BCUT2D eigenvalue weighted by atomic mass is 32.2. The fraction of sp³-hybridized carbons (Fsp3) is 0.686. The molecule has 6 N–H and O–H groups in total. The van der Waals surface area contributed by atoms with E-state index in [9.17, 15) is 37.5 Å². The molecule has 0 radical (unpaired) electrons. The van der Waals surface area contributed by atoms with Crippen molar-refractivity contribution in [2.45, 2.75) is 115 Å². The summed E-state index contributed by atoms with van der Waals surface area (Å²) in [4.78, 5) is 68.7. The second-order valence-corrected chi connectivity index (χ2v) is 16.1. The Kier molecular flexibility index (Phi) is 15.9. The quantitative estimate of drug-likeness (QED) is 0.137. The van der Waals surface area contributed by atoms with Gasteiger partial charge in [-0.2, -0.15) is 0 Å². The highest BCUT2D eigenvalue weighted by Gasteiger charge is 2.43. The monoisotopic (exact) mass is 754 g/mol. The Labute approximate surface area is 307 Å². The second kappa shape index (κ2) is 18.7. The Morgan fingerprint density at radius 3 is 2.15 bits per heavy atom. The van der Waals surface area contributed by atoms with Crippen LogP contribution in [0.25, 0.3) is 0 Å². The SMILES string of the molecule is CC[C@H](C)[C@@H]([C@H](CC(=O)N1CCC[C@H]1[C@H](OC)[C@@H](C)C(=O)NS(=O)(=O)c1ccc(N)cc1)OC)N(C)C(=O)[C@@H](NC(=O)C(C)(C)NC(=O)O)C(C)C. The number of hydrogen-bond donors (Lipinski definition) is 5. The number of benzene rings is 1. The smallest absolute Gasteiger partial charge is 0.405 e. The summed E-state index contributed by atoms with van der Waals surface area (Å²) in [5.41, 5.74) is 4.53. The van der Waals surface area contributed by atoms with Gasteiger partial charge < -0.3 is 40.7 Å². The molecule has 52 heavy (non-hydrogen) atoms. The van der Waals surface area contributed by atoms with E-state index < -0.39 is 75.6 Å². The lowest BCUT2D eigenvalue weighted by molar-refractivity contribution is -0.147. The first-order valence-corrected chi connectivity index (χ1v) is 19.0. The summed E-state index contributed by atoms with van der Waals surface area (Å²) in [6.07, 6.45) is -1.32. The van der Waals surface area contributed by atoms with Crippen molar-refractivity contribution < 1.29 is 47.0 Å². The molecule has 0 aliphatic carbocycles. The molecule has 1 saturated heterocycles. The van der Waals surface area contributed by atoms with E-state index in [0.29, 0.717) is 31.5 Å². The minimum atomic E-state index is -4.19. The van der Waals surface area contributed by atoms with Crippen LogP contribution >= 0.6 is 0 Å². The number of nitrogens with one attached hydrogen (secondary N) is 3. The number of carbonyl (C=O) groups is 5. The van der Waals surface area contributed by atoms with Crippen molar-refractivity contribution in [2.75, 3.05) is 33.5 Å². The molecule has 2 rings (SSSR count). The van der Waals surface area contributed by atoms with Crippen molar-refractivity contribution in [1.82, 2.24) is 25.2 Å². The fourth-order valence-corrected chi connectivity index (χ4v) is 7.68. The molecule has 7 atom stereocenters. The number of nitrogens with zero attached hydrogens (tertiary/aromatic N) is 2. The molecule has 1 aliphatic heterocycles. The van der Waals surface area contributed by atoms with E-state index in [1.165, 1.54) is 57.2 Å². The van der Waals surface area contributed by atoms with E-state index in [4.69, 9.17) is 15.2 Å². The number of anilines is 1. The lowest BCUT2D eigenvalue weighted by atomic mass is 9.89. The van der Waals surface area contributed by atoms with Crippen LogP contribution < -0.4 is 21.1 Å². The Hall–Kier alpha value is -3.96. The molecule has 1 heterocycles. The number of sulfonamides is 1. The van der Waals surface area contributed by atoms with E-state index in [-0.39, 0.29) is 29.1 Å². The maximum absolute atomic E-state index is 14.0. The molecule has 0 unspecified atom stereocenters. The summed E-state index contributed by atoms with van der Waals surface area (Å²) in [7, 11) is 0.268. The molecular weight excluding hydrogens is 696 g/mol. The average molecular weight is 755 g/mol. The van der Waals surface area contributed by atoms with E-state index in [1.807, 2.05) is 13.8 Å². The first-order valence-electron chi connectivity index (χ1n) is 17.5.